The molecule has 3 rings (SSSR count). The fourth-order valence-corrected chi connectivity index (χ4v) is 5.08. The summed E-state index contributed by atoms with van der Waals surface area (Å²) >= 11 is 0. The minimum Gasteiger partial charge on any atom is -0.495 e. The highest BCUT2D eigenvalue weighted by Gasteiger charge is 2.37. The van der Waals surface area contributed by atoms with Gasteiger partial charge in [-0.15, -0.1) is 0 Å². The van der Waals surface area contributed by atoms with Crippen LogP contribution in [0.15, 0.2) is 42.5 Å². The molecule has 2 aromatic rings. The van der Waals surface area contributed by atoms with Gasteiger partial charge in [0.2, 0.25) is 15.9 Å². The number of methoxy groups -OCH3 is 1. The van der Waals surface area contributed by atoms with Gasteiger partial charge < -0.3 is 9.64 Å². The van der Waals surface area contributed by atoms with Gasteiger partial charge in [0.15, 0.2) is 0 Å². The van der Waals surface area contributed by atoms with Gasteiger partial charge >= 0.3 is 0 Å². The lowest BCUT2D eigenvalue weighted by molar-refractivity contribution is -0.384. The van der Waals surface area contributed by atoms with Crippen molar-refractivity contribution in [1.29, 1.82) is 0 Å². The number of carbonyl (C=O) groups excluding carboxylic acids is 1. The molecule has 1 heterocycles. The zero-order chi connectivity index (χ0) is 22.8. The van der Waals surface area contributed by atoms with Crippen molar-refractivity contribution in [3.05, 3.63) is 63.7 Å². The van der Waals surface area contributed by atoms with Gasteiger partial charge in [-0.2, -0.15) is 0 Å². The standard InChI is InChI=1S/C21H25N3O6S/c1-4-18(21(25)22-12-11-15-7-5-6-8-16(15)14-22)23(31(3,28)29)19-13-17(24(26)27)9-10-20(19)30-2/h5-10,13,18H,4,11-12,14H2,1-3H3/t18-/m1/s1. The van der Waals surface area contributed by atoms with E-state index in [1.165, 1.54) is 24.8 Å². The number of nitro benzene ring substituents is 1. The van der Waals surface area contributed by atoms with Crippen LogP contribution >= 0.6 is 0 Å². The number of non-ortho nitro benzene ring substituents is 1. The molecule has 0 aromatic heterocycles. The second-order valence-electron chi connectivity index (χ2n) is 7.37. The van der Waals surface area contributed by atoms with Gasteiger partial charge in [0, 0.05) is 25.2 Å². The van der Waals surface area contributed by atoms with E-state index in [2.05, 4.69) is 0 Å². The lowest BCUT2D eigenvalue weighted by Gasteiger charge is -2.36. The van der Waals surface area contributed by atoms with E-state index in [0.29, 0.717) is 19.5 Å². The Morgan fingerprint density at radius 2 is 1.94 bits per heavy atom. The first-order chi connectivity index (χ1) is 14.7. The van der Waals surface area contributed by atoms with Gasteiger partial charge in [-0.05, 0) is 30.0 Å². The van der Waals surface area contributed by atoms with E-state index in [-0.39, 0.29) is 29.5 Å². The number of rotatable bonds is 7. The average Bonchev–Trinajstić information content (AvgIpc) is 2.75. The van der Waals surface area contributed by atoms with Crippen molar-refractivity contribution < 1.29 is 22.9 Å². The zero-order valence-corrected chi connectivity index (χ0v) is 18.5. The Balaban J connectivity index is 2.03. The third-order valence-electron chi connectivity index (χ3n) is 5.37. The quantitative estimate of drug-likeness (QED) is 0.477. The molecular formula is C21H25N3O6S. The van der Waals surface area contributed by atoms with Crippen molar-refractivity contribution in [1.82, 2.24) is 4.90 Å². The molecule has 0 bridgehead atoms. The molecule has 9 nitrogen and oxygen atoms in total. The minimum atomic E-state index is -3.97. The third kappa shape index (κ3) is 4.63. The second-order valence-corrected chi connectivity index (χ2v) is 9.23. The van der Waals surface area contributed by atoms with Crippen LogP contribution in [0.25, 0.3) is 0 Å². The number of sulfonamides is 1. The molecule has 1 aliphatic heterocycles. The molecule has 0 spiro atoms. The molecule has 0 aliphatic carbocycles. The zero-order valence-electron chi connectivity index (χ0n) is 17.6. The van der Waals surface area contributed by atoms with Crippen molar-refractivity contribution in [2.45, 2.75) is 32.4 Å². The maximum absolute atomic E-state index is 13.5. The van der Waals surface area contributed by atoms with Crippen molar-refractivity contribution in [3.8, 4) is 5.75 Å². The Morgan fingerprint density at radius 1 is 1.26 bits per heavy atom. The van der Waals surface area contributed by atoms with Gasteiger partial charge in [0.05, 0.1) is 18.3 Å². The SMILES string of the molecule is CC[C@H](C(=O)N1CCc2ccccc2C1)N(c1cc([N+](=O)[O-])ccc1OC)S(C)(=O)=O. The van der Waals surface area contributed by atoms with E-state index in [0.717, 1.165) is 22.2 Å². The number of amides is 1. The van der Waals surface area contributed by atoms with Gasteiger partial charge in [0.1, 0.15) is 17.5 Å². The van der Waals surface area contributed by atoms with Crippen LogP contribution in [0.5, 0.6) is 5.75 Å². The van der Waals surface area contributed by atoms with Crippen molar-refractivity contribution in [2.75, 3.05) is 24.2 Å². The van der Waals surface area contributed by atoms with E-state index in [9.17, 15) is 23.3 Å². The molecule has 1 amide bonds. The number of benzene rings is 2. The normalized spacial score (nSPS) is 14.5. The van der Waals surface area contributed by atoms with Crippen LogP contribution in [0.4, 0.5) is 11.4 Å². The van der Waals surface area contributed by atoms with E-state index < -0.39 is 21.0 Å². The Labute approximate surface area is 181 Å². The molecule has 166 valence electrons. The summed E-state index contributed by atoms with van der Waals surface area (Å²) in [5.41, 5.74) is 1.87. The van der Waals surface area contributed by atoms with Gasteiger partial charge in [0.25, 0.3) is 5.69 Å². The fraction of sp³-hybridized carbons (Fsp3) is 0.381. The first-order valence-corrected chi connectivity index (χ1v) is 11.7. The first kappa shape index (κ1) is 22.5. The van der Waals surface area contributed by atoms with Gasteiger partial charge in [-0.3, -0.25) is 19.2 Å². The van der Waals surface area contributed by atoms with Gasteiger partial charge in [-0.25, -0.2) is 8.42 Å². The van der Waals surface area contributed by atoms with Crippen molar-refractivity contribution in [2.24, 2.45) is 0 Å². The molecule has 0 unspecified atom stereocenters. The topological polar surface area (TPSA) is 110 Å². The number of nitrogens with zero attached hydrogens (tertiary/aromatic N) is 3. The summed E-state index contributed by atoms with van der Waals surface area (Å²) in [5, 5.41) is 11.3. The summed E-state index contributed by atoms with van der Waals surface area (Å²) in [5.74, 6) is -0.220. The maximum atomic E-state index is 13.5. The minimum absolute atomic E-state index is 0.0307. The van der Waals surface area contributed by atoms with Crippen LogP contribution in [0.3, 0.4) is 0 Å². The molecule has 0 radical (unpaired) electrons. The molecule has 10 heteroatoms. The van der Waals surface area contributed by atoms with Crippen LogP contribution in [0, 0.1) is 10.1 Å². The van der Waals surface area contributed by atoms with Crippen LogP contribution in [0.2, 0.25) is 0 Å². The molecule has 0 fully saturated rings. The molecule has 1 aliphatic rings. The van der Waals surface area contributed by atoms with Crippen LogP contribution in [0.1, 0.15) is 24.5 Å². The molecule has 2 aromatic carbocycles. The largest absolute Gasteiger partial charge is 0.495 e. The summed E-state index contributed by atoms with van der Waals surface area (Å²) in [6.07, 6.45) is 1.85. The number of carbonyl (C=O) groups is 1. The lowest BCUT2D eigenvalue weighted by atomic mass is 9.99. The summed E-state index contributed by atoms with van der Waals surface area (Å²) in [6.45, 7) is 2.56. The van der Waals surface area contributed by atoms with Crippen LogP contribution < -0.4 is 9.04 Å². The molecule has 31 heavy (non-hydrogen) atoms. The summed E-state index contributed by atoms with van der Waals surface area (Å²) < 4.78 is 31.8. The summed E-state index contributed by atoms with van der Waals surface area (Å²) in [7, 11) is -2.62. The number of anilines is 1. The predicted octanol–water partition coefficient (Wildman–Crippen LogP) is 2.73. The smallest absolute Gasteiger partial charge is 0.271 e. The predicted molar refractivity (Wildman–Crippen MR) is 117 cm³/mol. The number of hydrogen-bond donors (Lipinski definition) is 0. The Morgan fingerprint density at radius 3 is 2.52 bits per heavy atom. The van der Waals surface area contributed by atoms with Crippen LogP contribution in [-0.2, 0) is 27.8 Å². The first-order valence-electron chi connectivity index (χ1n) is 9.84. The Hall–Kier alpha value is -3.14. The number of fused-ring (bicyclic) bond motifs is 1. The van der Waals surface area contributed by atoms with Crippen molar-refractivity contribution in [3.63, 3.8) is 0 Å². The van der Waals surface area contributed by atoms with E-state index in [1.807, 2.05) is 24.3 Å². The van der Waals surface area contributed by atoms with Crippen LogP contribution in [-0.4, -0.2) is 50.1 Å². The second kappa shape index (κ2) is 8.93. The number of nitro groups is 1. The van der Waals surface area contributed by atoms with Crippen molar-refractivity contribution >= 4 is 27.3 Å². The fourth-order valence-electron chi connectivity index (χ4n) is 3.88. The highest BCUT2D eigenvalue weighted by Crippen LogP contribution is 2.36. The molecular weight excluding hydrogens is 422 g/mol. The third-order valence-corrected chi connectivity index (χ3v) is 6.53. The molecule has 1 atom stereocenters. The van der Waals surface area contributed by atoms with E-state index >= 15 is 0 Å². The highest BCUT2D eigenvalue weighted by molar-refractivity contribution is 7.92. The number of hydrogen-bond acceptors (Lipinski definition) is 6. The summed E-state index contributed by atoms with van der Waals surface area (Å²) in [4.78, 5) is 25.8. The van der Waals surface area contributed by atoms with E-state index in [4.69, 9.17) is 4.74 Å². The maximum Gasteiger partial charge on any atom is 0.271 e. The van der Waals surface area contributed by atoms with E-state index in [1.54, 1.807) is 11.8 Å². The Kier molecular flexibility index (Phi) is 6.49. The number of ether oxygens (including phenoxy) is 1. The average molecular weight is 448 g/mol. The Bertz CT molecular complexity index is 1100. The highest BCUT2D eigenvalue weighted by atomic mass is 32.2. The summed E-state index contributed by atoms with van der Waals surface area (Å²) in [6, 6.07) is 10.5. The molecule has 0 N–H and O–H groups in total. The monoisotopic (exact) mass is 447 g/mol. The van der Waals surface area contributed by atoms with Gasteiger partial charge in [-0.1, -0.05) is 31.2 Å². The lowest BCUT2D eigenvalue weighted by Crippen LogP contribution is -2.51. The molecule has 0 saturated heterocycles. The molecule has 0 saturated carbocycles.